The molecule has 3 amide bonds. The molecule has 4 aromatic rings. The minimum absolute atomic E-state index is 0.0485. The lowest BCUT2D eigenvalue weighted by Gasteiger charge is -2.39. The van der Waals surface area contributed by atoms with E-state index in [1.165, 1.54) is 4.90 Å². The maximum atomic E-state index is 13.9. The van der Waals surface area contributed by atoms with Gasteiger partial charge in [-0.05, 0) is 36.1 Å². The van der Waals surface area contributed by atoms with Gasteiger partial charge in [0.1, 0.15) is 11.7 Å². The molecule has 2 N–H and O–H groups in total. The zero-order chi connectivity index (χ0) is 30.7. The molecule has 2 aromatic heterocycles. The Bertz CT molecular complexity index is 1670. The lowest BCUT2D eigenvalue weighted by Crippen LogP contribution is -2.59. The van der Waals surface area contributed by atoms with Crippen molar-refractivity contribution < 1.29 is 32.0 Å². The minimum atomic E-state index is -4.92. The molecule has 3 atom stereocenters. The van der Waals surface area contributed by atoms with Gasteiger partial charge in [0, 0.05) is 29.6 Å². The molecule has 0 aliphatic carbocycles. The average Bonchev–Trinajstić information content (AvgIpc) is 3.76. The predicted octanol–water partition coefficient (Wildman–Crippen LogP) is 5.11. The molecule has 224 valence electrons. The molecule has 12 heteroatoms. The van der Waals surface area contributed by atoms with Crippen LogP contribution in [-0.2, 0) is 11.0 Å². The number of H-pyrrole nitrogens is 1. The van der Waals surface area contributed by atoms with E-state index >= 15 is 0 Å². The van der Waals surface area contributed by atoms with Crippen LogP contribution in [0.2, 0.25) is 0 Å². The molecule has 2 aromatic carbocycles. The second-order valence-electron chi connectivity index (χ2n) is 12.1. The van der Waals surface area contributed by atoms with Crippen LogP contribution in [0.5, 0.6) is 0 Å². The first-order valence-corrected chi connectivity index (χ1v) is 13.9. The van der Waals surface area contributed by atoms with Crippen LogP contribution in [0.4, 0.5) is 13.2 Å². The van der Waals surface area contributed by atoms with Gasteiger partial charge in [0.15, 0.2) is 5.69 Å². The molecule has 0 saturated carbocycles. The van der Waals surface area contributed by atoms with E-state index in [2.05, 4.69) is 15.3 Å². The van der Waals surface area contributed by atoms with Gasteiger partial charge in [0.2, 0.25) is 17.6 Å². The van der Waals surface area contributed by atoms with E-state index in [0.29, 0.717) is 17.7 Å². The third-order valence-electron chi connectivity index (χ3n) is 8.06. The number of hydrogen-bond acceptors (Lipinski definition) is 5. The van der Waals surface area contributed by atoms with Crippen molar-refractivity contribution in [2.75, 3.05) is 13.1 Å². The van der Waals surface area contributed by atoms with Crippen LogP contribution >= 0.6 is 0 Å². The van der Waals surface area contributed by atoms with Crippen LogP contribution < -0.4 is 5.32 Å². The fourth-order valence-corrected chi connectivity index (χ4v) is 5.90. The van der Waals surface area contributed by atoms with E-state index < -0.39 is 53.0 Å². The van der Waals surface area contributed by atoms with E-state index in [4.69, 9.17) is 4.42 Å². The quantitative estimate of drug-likeness (QED) is 0.334. The number of nitrogens with zero attached hydrogens (tertiary/aromatic N) is 3. The Kier molecular flexibility index (Phi) is 6.82. The number of benzene rings is 2. The van der Waals surface area contributed by atoms with Crippen molar-refractivity contribution in [3.8, 4) is 11.5 Å². The zero-order valence-corrected chi connectivity index (χ0v) is 23.7. The number of halogens is 3. The van der Waals surface area contributed by atoms with Crippen LogP contribution in [0, 0.1) is 5.41 Å². The van der Waals surface area contributed by atoms with Crippen molar-refractivity contribution in [1.82, 2.24) is 25.1 Å². The number of rotatable bonds is 5. The average molecular weight is 594 g/mol. The normalized spacial score (nSPS) is 19.2. The van der Waals surface area contributed by atoms with Gasteiger partial charge in [0.05, 0.1) is 12.1 Å². The summed E-state index contributed by atoms with van der Waals surface area (Å²) in [6.07, 6.45) is -4.51. The molecule has 2 fully saturated rings. The number of amides is 3. The molecule has 2 aliphatic rings. The molecule has 9 nitrogen and oxygen atoms in total. The van der Waals surface area contributed by atoms with Gasteiger partial charge in [-0.15, -0.1) is 0 Å². The number of carbonyl (C=O) groups excluding carboxylic acids is 3. The molecule has 0 spiro atoms. The van der Waals surface area contributed by atoms with Gasteiger partial charge in [0.25, 0.3) is 11.8 Å². The first kappa shape index (κ1) is 28.5. The minimum Gasteiger partial charge on any atom is -0.431 e. The van der Waals surface area contributed by atoms with Crippen molar-refractivity contribution in [2.24, 2.45) is 5.41 Å². The first-order valence-electron chi connectivity index (χ1n) is 13.9. The highest BCUT2D eigenvalue weighted by molar-refractivity contribution is 6.00. The third kappa shape index (κ3) is 5.26. The molecular formula is C31H30F3N5O4. The Labute approximate surface area is 245 Å². The van der Waals surface area contributed by atoms with Crippen LogP contribution in [0.15, 0.2) is 65.1 Å². The van der Waals surface area contributed by atoms with Crippen LogP contribution in [0.3, 0.4) is 0 Å². The SMILES string of the molecule is CC(C)(C)C(NC(=O)c1cc2ccccc2[nH]1)C(=O)N1CC2CC1CN2C(=O)c1nc(-c2ccccc2)oc1C(F)(F)F. The molecule has 2 aliphatic heterocycles. The highest BCUT2D eigenvalue weighted by Crippen LogP contribution is 2.39. The fraction of sp³-hybridized carbons (Fsp3) is 0.355. The maximum Gasteiger partial charge on any atom is 0.452 e. The number of hydrogen-bond donors (Lipinski definition) is 2. The summed E-state index contributed by atoms with van der Waals surface area (Å²) in [5, 5.41) is 3.75. The van der Waals surface area contributed by atoms with E-state index in [-0.39, 0.29) is 24.9 Å². The van der Waals surface area contributed by atoms with Crippen LogP contribution in [-0.4, -0.2) is 68.7 Å². The van der Waals surface area contributed by atoms with Gasteiger partial charge >= 0.3 is 6.18 Å². The highest BCUT2D eigenvalue weighted by atomic mass is 19.4. The number of piperazine rings is 1. The summed E-state index contributed by atoms with van der Waals surface area (Å²) in [5.41, 5.74) is -0.00775. The van der Waals surface area contributed by atoms with Gasteiger partial charge in [-0.25, -0.2) is 4.98 Å². The summed E-state index contributed by atoms with van der Waals surface area (Å²) in [6, 6.07) is 15.4. The number of nitrogens with one attached hydrogen (secondary N) is 2. The lowest BCUT2D eigenvalue weighted by molar-refractivity contribution is -0.153. The number of carbonyl (C=O) groups is 3. The number of fused-ring (bicyclic) bond motifs is 3. The van der Waals surface area contributed by atoms with Crippen molar-refractivity contribution in [3.05, 3.63) is 77.8 Å². The van der Waals surface area contributed by atoms with E-state index in [1.54, 1.807) is 41.3 Å². The van der Waals surface area contributed by atoms with Crippen molar-refractivity contribution in [1.29, 1.82) is 0 Å². The number of oxazole rings is 1. The summed E-state index contributed by atoms with van der Waals surface area (Å²) in [6.45, 7) is 5.72. The lowest BCUT2D eigenvalue weighted by atomic mass is 9.85. The monoisotopic (exact) mass is 593 g/mol. The highest BCUT2D eigenvalue weighted by Gasteiger charge is 2.52. The molecule has 43 heavy (non-hydrogen) atoms. The van der Waals surface area contributed by atoms with Gasteiger partial charge < -0.3 is 24.5 Å². The fourth-order valence-electron chi connectivity index (χ4n) is 5.90. The summed E-state index contributed by atoms with van der Waals surface area (Å²) in [7, 11) is 0. The number of aromatic nitrogens is 2. The zero-order valence-electron chi connectivity index (χ0n) is 23.7. The summed E-state index contributed by atoms with van der Waals surface area (Å²) < 4.78 is 46.7. The summed E-state index contributed by atoms with van der Waals surface area (Å²) >= 11 is 0. The smallest absolute Gasteiger partial charge is 0.431 e. The topological polar surface area (TPSA) is 112 Å². The maximum absolute atomic E-state index is 13.9. The Balaban J connectivity index is 1.19. The molecule has 3 unspecified atom stereocenters. The first-order chi connectivity index (χ1) is 20.3. The summed E-state index contributed by atoms with van der Waals surface area (Å²) in [4.78, 5) is 50.5. The molecule has 6 rings (SSSR count). The number of likely N-dealkylation sites (tertiary alicyclic amines) is 2. The van der Waals surface area contributed by atoms with Crippen LogP contribution in [0.25, 0.3) is 22.4 Å². The number of aromatic amines is 1. The van der Waals surface area contributed by atoms with Gasteiger partial charge in [-0.2, -0.15) is 13.2 Å². The van der Waals surface area contributed by atoms with E-state index in [0.717, 1.165) is 10.9 Å². The van der Waals surface area contributed by atoms with Crippen LogP contribution in [0.1, 0.15) is 53.9 Å². The van der Waals surface area contributed by atoms with Gasteiger partial charge in [-0.1, -0.05) is 57.2 Å². The Morgan fingerprint density at radius 3 is 2.26 bits per heavy atom. The Morgan fingerprint density at radius 1 is 0.977 bits per heavy atom. The second kappa shape index (κ2) is 10.3. The molecule has 0 radical (unpaired) electrons. The largest absolute Gasteiger partial charge is 0.452 e. The standard InChI is InChI=1S/C31H30F3N5O4/c1-30(2,3)24(37-26(40)22-13-18-11-7-8-12-21(18)35-22)29(42)39-16-19-14-20(39)15-38(19)28(41)23-25(31(32,33)34)43-27(36-23)17-9-5-4-6-10-17/h4-13,19-20,24,35H,14-16H2,1-3H3,(H,37,40). The van der Waals surface area contributed by atoms with Crippen molar-refractivity contribution >= 4 is 28.6 Å². The third-order valence-corrected chi connectivity index (χ3v) is 8.06. The van der Waals surface area contributed by atoms with Crippen molar-refractivity contribution in [3.63, 3.8) is 0 Å². The molecule has 2 bridgehead atoms. The molecular weight excluding hydrogens is 563 g/mol. The molecule has 2 saturated heterocycles. The predicted molar refractivity (Wildman–Crippen MR) is 151 cm³/mol. The van der Waals surface area contributed by atoms with Gasteiger partial charge in [-0.3, -0.25) is 14.4 Å². The Hall–Kier alpha value is -4.61. The van der Waals surface area contributed by atoms with E-state index in [9.17, 15) is 27.6 Å². The number of alkyl halides is 3. The summed E-state index contributed by atoms with van der Waals surface area (Å²) in [5.74, 6) is -3.36. The second-order valence-corrected chi connectivity index (χ2v) is 12.1. The van der Waals surface area contributed by atoms with Crippen molar-refractivity contribution in [2.45, 2.75) is 51.5 Å². The Morgan fingerprint density at radius 2 is 1.63 bits per heavy atom. The molecule has 4 heterocycles. The number of para-hydroxylation sites is 1. The van der Waals surface area contributed by atoms with E-state index in [1.807, 2.05) is 45.0 Å².